The number of carbonyl (C=O) groups excluding carboxylic acids is 1. The van der Waals surface area contributed by atoms with Gasteiger partial charge in [0, 0.05) is 28.2 Å². The smallest absolute Gasteiger partial charge is 0.259 e. The van der Waals surface area contributed by atoms with Gasteiger partial charge in [-0.3, -0.25) is 4.79 Å². The van der Waals surface area contributed by atoms with Gasteiger partial charge >= 0.3 is 0 Å². The van der Waals surface area contributed by atoms with Gasteiger partial charge in [-0.1, -0.05) is 49.4 Å². The van der Waals surface area contributed by atoms with Crippen molar-refractivity contribution < 1.29 is 4.79 Å². The van der Waals surface area contributed by atoms with E-state index in [0.29, 0.717) is 12.5 Å². The van der Waals surface area contributed by atoms with Crippen molar-refractivity contribution in [1.29, 1.82) is 0 Å². The molecule has 1 aromatic heterocycles. The molecule has 2 aliphatic rings. The van der Waals surface area contributed by atoms with Gasteiger partial charge in [-0.15, -0.1) is 0 Å². The Kier molecular flexibility index (Phi) is 5.99. The second-order valence-electron chi connectivity index (χ2n) is 8.33. The van der Waals surface area contributed by atoms with Crippen LogP contribution in [-0.4, -0.2) is 17.4 Å². The van der Waals surface area contributed by atoms with E-state index in [-0.39, 0.29) is 5.91 Å². The summed E-state index contributed by atoms with van der Waals surface area (Å²) in [6, 6.07) is 18.4. The number of pyridine rings is 1. The molecule has 1 N–H and O–H groups in total. The molecule has 1 amide bonds. The fourth-order valence-corrected chi connectivity index (χ4v) is 5.10. The highest BCUT2D eigenvalue weighted by Gasteiger charge is 2.27. The SMILES string of the molecule is CCC/C=C/CN1C(=O)c2ccccc2Sc2cc(Nc3cc(C4CC4)ccn3)ccc21. The number of rotatable bonds is 7. The lowest BCUT2D eigenvalue weighted by Crippen LogP contribution is -2.31. The summed E-state index contributed by atoms with van der Waals surface area (Å²) in [5, 5.41) is 3.47. The normalized spacial score (nSPS) is 15.4. The van der Waals surface area contributed by atoms with E-state index in [4.69, 9.17) is 0 Å². The summed E-state index contributed by atoms with van der Waals surface area (Å²) >= 11 is 1.65. The molecule has 3 aromatic rings. The Morgan fingerprint density at radius 1 is 1.09 bits per heavy atom. The first-order valence-corrected chi connectivity index (χ1v) is 12.2. The van der Waals surface area contributed by atoms with E-state index in [9.17, 15) is 4.79 Å². The van der Waals surface area contributed by atoms with Gasteiger partial charge in [0.2, 0.25) is 0 Å². The van der Waals surface area contributed by atoms with Crippen molar-refractivity contribution in [2.24, 2.45) is 0 Å². The van der Waals surface area contributed by atoms with E-state index in [0.717, 1.165) is 45.4 Å². The van der Waals surface area contributed by atoms with Crippen molar-refractivity contribution in [3.63, 3.8) is 0 Å². The van der Waals surface area contributed by atoms with Crippen molar-refractivity contribution in [3.8, 4) is 0 Å². The fraction of sp³-hybridized carbons (Fsp3) is 0.259. The van der Waals surface area contributed by atoms with Crippen molar-refractivity contribution in [1.82, 2.24) is 4.98 Å². The number of allylic oxidation sites excluding steroid dienone is 1. The summed E-state index contributed by atoms with van der Waals surface area (Å²) in [4.78, 5) is 21.8. The summed E-state index contributed by atoms with van der Waals surface area (Å²) in [5.41, 5.74) is 4.04. The Hall–Kier alpha value is -3.05. The molecule has 0 atom stereocenters. The summed E-state index contributed by atoms with van der Waals surface area (Å²) < 4.78 is 0. The molecule has 5 heteroatoms. The lowest BCUT2D eigenvalue weighted by molar-refractivity contribution is 0.0987. The predicted octanol–water partition coefficient (Wildman–Crippen LogP) is 7.17. The third-order valence-electron chi connectivity index (χ3n) is 5.85. The van der Waals surface area contributed by atoms with Crippen molar-refractivity contribution in [2.75, 3.05) is 16.8 Å². The van der Waals surface area contributed by atoms with Gasteiger partial charge in [0.15, 0.2) is 0 Å². The minimum Gasteiger partial charge on any atom is -0.340 e. The van der Waals surface area contributed by atoms with Gasteiger partial charge in [0.05, 0.1) is 11.3 Å². The van der Waals surface area contributed by atoms with Crippen molar-refractivity contribution >= 4 is 34.9 Å². The van der Waals surface area contributed by atoms with Gasteiger partial charge in [0.1, 0.15) is 5.82 Å². The highest BCUT2D eigenvalue weighted by atomic mass is 32.2. The number of nitrogens with one attached hydrogen (secondary N) is 1. The standard InChI is InChI=1S/C27H27N3OS/c1-2-3-4-7-16-30-23-13-12-21(29-26-17-20(14-15-28-26)19-10-11-19)18-25(23)32-24-9-6-5-8-22(24)27(30)31/h4-9,12-15,17-19H,2-3,10-11,16H2,1H3,(H,28,29)/b7-4+. The van der Waals surface area contributed by atoms with Crippen LogP contribution in [0.5, 0.6) is 0 Å². The average molecular weight is 442 g/mol. The van der Waals surface area contributed by atoms with Crippen LogP contribution in [0.1, 0.15) is 54.4 Å². The van der Waals surface area contributed by atoms with Gasteiger partial charge < -0.3 is 10.2 Å². The van der Waals surface area contributed by atoms with Crippen molar-refractivity contribution in [2.45, 2.75) is 48.3 Å². The molecule has 162 valence electrons. The molecular formula is C27H27N3OS. The molecule has 0 unspecified atom stereocenters. The molecule has 1 aliphatic heterocycles. The highest BCUT2D eigenvalue weighted by molar-refractivity contribution is 7.99. The van der Waals surface area contributed by atoms with E-state index >= 15 is 0 Å². The third kappa shape index (κ3) is 4.44. The molecule has 1 fully saturated rings. The van der Waals surface area contributed by atoms with E-state index in [1.54, 1.807) is 11.8 Å². The maximum atomic E-state index is 13.4. The van der Waals surface area contributed by atoms with Crippen LogP contribution < -0.4 is 10.2 Å². The van der Waals surface area contributed by atoms with Gasteiger partial charge in [-0.2, -0.15) is 0 Å². The van der Waals surface area contributed by atoms with Crippen LogP contribution in [0.15, 0.2) is 82.7 Å². The zero-order valence-electron chi connectivity index (χ0n) is 18.3. The molecule has 2 aromatic carbocycles. The molecule has 0 saturated heterocycles. The van der Waals surface area contributed by atoms with Crippen LogP contribution in [0, 0.1) is 0 Å². The number of anilines is 3. The van der Waals surface area contributed by atoms with Gasteiger partial charge in [0.25, 0.3) is 5.91 Å². The van der Waals surface area contributed by atoms with E-state index in [1.165, 1.54) is 18.4 Å². The highest BCUT2D eigenvalue weighted by Crippen LogP contribution is 2.43. The zero-order valence-corrected chi connectivity index (χ0v) is 19.1. The summed E-state index contributed by atoms with van der Waals surface area (Å²) in [6.45, 7) is 2.73. The minimum absolute atomic E-state index is 0.0486. The van der Waals surface area contributed by atoms with Crippen molar-refractivity contribution in [3.05, 3.63) is 84.1 Å². The fourth-order valence-electron chi connectivity index (χ4n) is 3.98. The van der Waals surface area contributed by atoms with Crippen LogP contribution in [0.2, 0.25) is 0 Å². The number of carbonyl (C=O) groups is 1. The first-order valence-electron chi connectivity index (χ1n) is 11.3. The molecule has 0 radical (unpaired) electrons. The number of amides is 1. The van der Waals surface area contributed by atoms with E-state index in [1.807, 2.05) is 47.5 Å². The zero-order chi connectivity index (χ0) is 21.9. The molecule has 4 nitrogen and oxygen atoms in total. The Morgan fingerprint density at radius 2 is 1.97 bits per heavy atom. The van der Waals surface area contributed by atoms with Crippen LogP contribution in [0.3, 0.4) is 0 Å². The predicted molar refractivity (Wildman–Crippen MR) is 132 cm³/mol. The topological polar surface area (TPSA) is 45.2 Å². The second-order valence-corrected chi connectivity index (χ2v) is 9.41. The number of unbranched alkanes of at least 4 members (excludes halogenated alkanes) is 1. The van der Waals surface area contributed by atoms with Gasteiger partial charge in [-0.05, 0) is 73.2 Å². The van der Waals surface area contributed by atoms with Crippen LogP contribution in [0.25, 0.3) is 0 Å². The molecule has 0 spiro atoms. The monoisotopic (exact) mass is 441 g/mol. The van der Waals surface area contributed by atoms with E-state index in [2.05, 4.69) is 47.6 Å². The Labute approximate surface area is 193 Å². The summed E-state index contributed by atoms with van der Waals surface area (Å²) in [5.74, 6) is 1.61. The van der Waals surface area contributed by atoms with Crippen LogP contribution in [0.4, 0.5) is 17.2 Å². The summed E-state index contributed by atoms with van der Waals surface area (Å²) in [6.07, 6.45) is 10.8. The summed E-state index contributed by atoms with van der Waals surface area (Å²) in [7, 11) is 0. The second kappa shape index (κ2) is 9.21. The molecule has 1 aliphatic carbocycles. The Balaban J connectivity index is 1.47. The molecule has 0 bridgehead atoms. The first-order chi connectivity index (χ1) is 15.7. The molecule has 32 heavy (non-hydrogen) atoms. The van der Waals surface area contributed by atoms with Gasteiger partial charge in [-0.25, -0.2) is 4.98 Å². The van der Waals surface area contributed by atoms with E-state index < -0.39 is 0 Å². The number of fused-ring (bicyclic) bond motifs is 2. The molecule has 2 heterocycles. The average Bonchev–Trinajstić information content (AvgIpc) is 3.66. The number of hydrogen-bond acceptors (Lipinski definition) is 4. The lowest BCUT2D eigenvalue weighted by Gasteiger charge is -2.22. The first kappa shape index (κ1) is 20.8. The minimum atomic E-state index is 0.0486. The molecular weight excluding hydrogens is 414 g/mol. The number of hydrogen-bond donors (Lipinski definition) is 1. The lowest BCUT2D eigenvalue weighted by atomic mass is 10.1. The number of nitrogens with zero attached hydrogens (tertiary/aromatic N) is 2. The third-order valence-corrected chi connectivity index (χ3v) is 6.97. The number of aromatic nitrogens is 1. The molecule has 1 saturated carbocycles. The quantitative estimate of drug-likeness (QED) is 0.395. The maximum Gasteiger partial charge on any atom is 0.259 e. The Morgan fingerprint density at radius 3 is 2.81 bits per heavy atom. The number of benzene rings is 2. The molecule has 5 rings (SSSR count). The largest absolute Gasteiger partial charge is 0.340 e. The van der Waals surface area contributed by atoms with Crippen LogP contribution >= 0.6 is 11.8 Å². The van der Waals surface area contributed by atoms with Crippen LogP contribution in [-0.2, 0) is 0 Å². The maximum absolute atomic E-state index is 13.4. The Bertz CT molecular complexity index is 1170.